The van der Waals surface area contributed by atoms with Crippen molar-refractivity contribution in [3.63, 3.8) is 0 Å². The third kappa shape index (κ3) is 16.0. The first-order valence-electron chi connectivity index (χ1n) is 15.7. The first kappa shape index (κ1) is 41.1. The van der Waals surface area contributed by atoms with E-state index in [1.54, 1.807) is 41.5 Å². The Balaban J connectivity index is 3.09. The summed E-state index contributed by atoms with van der Waals surface area (Å²) in [6, 6.07) is -2.69. The molecule has 0 spiro atoms. The van der Waals surface area contributed by atoms with Gasteiger partial charge in [-0.25, -0.2) is 9.59 Å². The number of alkyl halides is 2. The molecule has 0 aromatic heterocycles. The predicted molar refractivity (Wildman–Crippen MR) is 179 cm³/mol. The maximum Gasteiger partial charge on any atom is 0.408 e. The van der Waals surface area contributed by atoms with Gasteiger partial charge in [0.05, 0.1) is 6.61 Å². The predicted octanol–water partition coefficient (Wildman–Crippen LogP) is 4.35. The molecule has 0 aromatic rings. The minimum absolute atomic E-state index is 0.162. The lowest BCUT2D eigenvalue weighted by Gasteiger charge is -2.33. The molecule has 1 fully saturated rings. The van der Waals surface area contributed by atoms with Crippen molar-refractivity contribution in [3.8, 4) is 0 Å². The van der Waals surface area contributed by atoms with Crippen LogP contribution in [0.3, 0.4) is 0 Å². The fourth-order valence-electron chi connectivity index (χ4n) is 4.59. The zero-order valence-electron chi connectivity index (χ0n) is 28.2. The van der Waals surface area contributed by atoms with Crippen molar-refractivity contribution in [2.45, 2.75) is 135 Å². The van der Waals surface area contributed by atoms with Gasteiger partial charge >= 0.3 is 12.1 Å². The van der Waals surface area contributed by atoms with Crippen LogP contribution in [0.15, 0.2) is 0 Å². The van der Waals surface area contributed by atoms with Crippen LogP contribution in [0, 0.1) is 0 Å². The highest BCUT2D eigenvalue weighted by Crippen LogP contribution is 2.23. The fraction of sp³-hybridized carbons (Fsp3) is 0.839. The standard InChI is InChI=1S/C31H54Br2N4O8/c1-29(2,3)44-26(40)23-14-12-18-37(23)25(39)22(15-19-43-20-17-33)34-27(41)31(7,8)36-24(38)21(13-10-9-11-16-32)35-28(42)45-30(4,5)6/h21-23H,9-20H2,1-8H3,(H,34,41)(H,35,42)(H,36,38)/t21-,22-,23+/m0/s1. The lowest BCUT2D eigenvalue weighted by molar-refractivity contribution is -0.163. The van der Waals surface area contributed by atoms with Crippen LogP contribution in [0.1, 0.15) is 100 Å². The Morgan fingerprint density at radius 3 is 2.02 bits per heavy atom. The second-order valence-electron chi connectivity index (χ2n) is 13.7. The van der Waals surface area contributed by atoms with E-state index in [2.05, 4.69) is 47.8 Å². The molecular formula is C31H54Br2N4O8. The molecule has 260 valence electrons. The topological polar surface area (TPSA) is 152 Å². The summed E-state index contributed by atoms with van der Waals surface area (Å²) in [5, 5.41) is 9.60. The van der Waals surface area contributed by atoms with Gasteiger partial charge in [0.1, 0.15) is 34.9 Å². The minimum Gasteiger partial charge on any atom is -0.458 e. The summed E-state index contributed by atoms with van der Waals surface area (Å²) in [5.74, 6) is -2.05. The SMILES string of the molecule is CC(C)(C)OC(=O)N[C@@H](CCCCCBr)C(=O)NC(C)(C)C(=O)N[C@@H](CCOCCBr)C(=O)N1CCC[C@@H]1C(=O)OC(C)(C)C. The zero-order chi connectivity index (χ0) is 34.4. The van der Waals surface area contributed by atoms with Gasteiger partial charge in [-0.15, -0.1) is 0 Å². The van der Waals surface area contributed by atoms with Crippen LogP contribution < -0.4 is 16.0 Å². The van der Waals surface area contributed by atoms with Gasteiger partial charge in [0.2, 0.25) is 17.7 Å². The summed E-state index contributed by atoms with van der Waals surface area (Å²) in [4.78, 5) is 67.7. The smallest absolute Gasteiger partial charge is 0.408 e. The van der Waals surface area contributed by atoms with Crippen LogP contribution in [0.4, 0.5) is 4.79 Å². The van der Waals surface area contributed by atoms with Crippen molar-refractivity contribution in [2.24, 2.45) is 0 Å². The van der Waals surface area contributed by atoms with Crippen LogP contribution >= 0.6 is 31.9 Å². The number of hydrogen-bond acceptors (Lipinski definition) is 8. The van der Waals surface area contributed by atoms with E-state index in [1.165, 1.54) is 18.7 Å². The second kappa shape index (κ2) is 19.0. The molecule has 0 aromatic carbocycles. The number of likely N-dealkylation sites (tertiary alicyclic amines) is 1. The molecule has 1 aliphatic rings. The van der Waals surface area contributed by atoms with E-state index in [4.69, 9.17) is 14.2 Å². The molecule has 0 saturated carbocycles. The Hall–Kier alpha value is -1.93. The molecule has 1 aliphatic heterocycles. The largest absolute Gasteiger partial charge is 0.458 e. The number of esters is 1. The van der Waals surface area contributed by atoms with Crippen LogP contribution in [-0.2, 0) is 33.4 Å². The van der Waals surface area contributed by atoms with Crippen LogP contribution in [0.5, 0.6) is 0 Å². The Bertz CT molecular complexity index is 997. The number of alkyl carbamates (subject to hydrolysis) is 1. The number of carbonyl (C=O) groups is 5. The second-order valence-corrected chi connectivity index (χ2v) is 15.3. The van der Waals surface area contributed by atoms with E-state index in [-0.39, 0.29) is 13.0 Å². The van der Waals surface area contributed by atoms with E-state index in [1.807, 2.05) is 0 Å². The number of nitrogens with zero attached hydrogens (tertiary/aromatic N) is 1. The number of rotatable bonds is 17. The monoisotopic (exact) mass is 768 g/mol. The van der Waals surface area contributed by atoms with Crippen LogP contribution in [0.25, 0.3) is 0 Å². The maximum absolute atomic E-state index is 13.8. The van der Waals surface area contributed by atoms with Crippen LogP contribution in [-0.4, -0.2) is 100.0 Å². The van der Waals surface area contributed by atoms with Crippen molar-refractivity contribution in [1.29, 1.82) is 0 Å². The molecule has 1 heterocycles. The van der Waals surface area contributed by atoms with Crippen molar-refractivity contribution in [2.75, 3.05) is 30.4 Å². The van der Waals surface area contributed by atoms with Gasteiger partial charge in [-0.2, -0.15) is 0 Å². The van der Waals surface area contributed by atoms with Crippen molar-refractivity contribution >= 4 is 61.6 Å². The van der Waals surface area contributed by atoms with Gasteiger partial charge in [-0.1, -0.05) is 44.7 Å². The molecule has 1 rings (SSSR count). The highest BCUT2D eigenvalue weighted by Gasteiger charge is 2.41. The molecule has 3 atom stereocenters. The molecule has 0 unspecified atom stereocenters. The lowest BCUT2D eigenvalue weighted by atomic mass is 10.0. The van der Waals surface area contributed by atoms with Crippen LogP contribution in [0.2, 0.25) is 0 Å². The summed E-state index contributed by atoms with van der Waals surface area (Å²) in [6.45, 7) is 14.5. The Kier molecular flexibility index (Phi) is 17.4. The first-order valence-corrected chi connectivity index (χ1v) is 17.9. The van der Waals surface area contributed by atoms with Gasteiger partial charge in [0.15, 0.2) is 0 Å². The van der Waals surface area contributed by atoms with Gasteiger partial charge in [0, 0.05) is 23.8 Å². The number of carbonyl (C=O) groups excluding carboxylic acids is 5. The quantitative estimate of drug-likeness (QED) is 0.112. The molecule has 14 heteroatoms. The number of halogens is 2. The Labute approximate surface area is 285 Å². The average molecular weight is 771 g/mol. The normalized spacial score (nSPS) is 16.8. The maximum atomic E-state index is 13.8. The third-order valence-electron chi connectivity index (χ3n) is 6.73. The minimum atomic E-state index is -1.45. The molecule has 0 radical (unpaired) electrons. The van der Waals surface area contributed by atoms with Gasteiger partial charge < -0.3 is 35.1 Å². The molecule has 0 aliphatic carbocycles. The molecule has 12 nitrogen and oxygen atoms in total. The van der Waals surface area contributed by atoms with E-state index < -0.39 is 64.7 Å². The van der Waals surface area contributed by atoms with E-state index in [0.717, 1.165) is 18.2 Å². The number of nitrogens with one attached hydrogen (secondary N) is 3. The molecule has 3 N–H and O–H groups in total. The van der Waals surface area contributed by atoms with E-state index in [0.29, 0.717) is 44.2 Å². The summed E-state index contributed by atoms with van der Waals surface area (Å²) in [5.41, 5.74) is -2.92. The van der Waals surface area contributed by atoms with Gasteiger partial charge in [-0.05, 0) is 87.5 Å². The highest BCUT2D eigenvalue weighted by molar-refractivity contribution is 9.09. The molecular weight excluding hydrogens is 716 g/mol. The molecule has 4 amide bonds. The van der Waals surface area contributed by atoms with Gasteiger partial charge in [-0.3, -0.25) is 14.4 Å². The fourth-order valence-corrected chi connectivity index (χ4v) is 5.21. The highest BCUT2D eigenvalue weighted by atomic mass is 79.9. The number of unbranched alkanes of at least 4 members (excludes halogenated alkanes) is 2. The summed E-state index contributed by atoms with van der Waals surface area (Å²) in [7, 11) is 0. The first-order chi connectivity index (χ1) is 20.8. The summed E-state index contributed by atoms with van der Waals surface area (Å²) < 4.78 is 16.5. The zero-order valence-corrected chi connectivity index (χ0v) is 31.4. The van der Waals surface area contributed by atoms with E-state index in [9.17, 15) is 24.0 Å². The molecule has 45 heavy (non-hydrogen) atoms. The molecule has 0 bridgehead atoms. The third-order valence-corrected chi connectivity index (χ3v) is 7.61. The Morgan fingerprint density at radius 1 is 0.800 bits per heavy atom. The number of ether oxygens (including phenoxy) is 3. The summed E-state index contributed by atoms with van der Waals surface area (Å²) in [6.07, 6.45) is 3.30. The van der Waals surface area contributed by atoms with Gasteiger partial charge in [0.25, 0.3) is 0 Å². The van der Waals surface area contributed by atoms with E-state index >= 15 is 0 Å². The molecule has 1 saturated heterocycles. The van der Waals surface area contributed by atoms with Crippen molar-refractivity contribution < 1.29 is 38.2 Å². The number of amides is 4. The summed E-state index contributed by atoms with van der Waals surface area (Å²) >= 11 is 6.70. The van der Waals surface area contributed by atoms with Crippen molar-refractivity contribution in [1.82, 2.24) is 20.9 Å². The van der Waals surface area contributed by atoms with Crippen molar-refractivity contribution in [3.05, 3.63) is 0 Å². The average Bonchev–Trinajstić information content (AvgIpc) is 3.39. The Morgan fingerprint density at radius 2 is 1.44 bits per heavy atom. The number of hydrogen-bond donors (Lipinski definition) is 3. The lowest BCUT2D eigenvalue weighted by Crippen LogP contribution is -2.62.